The number of benzene rings is 1. The van der Waals surface area contributed by atoms with Crippen LogP contribution in [-0.4, -0.2) is 46.9 Å². The molecule has 0 aliphatic carbocycles. The predicted octanol–water partition coefficient (Wildman–Crippen LogP) is 3.95. The van der Waals surface area contributed by atoms with E-state index < -0.39 is 29.7 Å². The molecule has 10 heteroatoms. The topological polar surface area (TPSA) is 88.6 Å². The van der Waals surface area contributed by atoms with Crippen LogP contribution < -0.4 is 5.32 Å². The first-order valence-electron chi connectivity index (χ1n) is 9.62. The highest BCUT2D eigenvalue weighted by Crippen LogP contribution is 2.24. The third kappa shape index (κ3) is 5.92. The number of anilines is 1. The van der Waals surface area contributed by atoms with Gasteiger partial charge in [-0.25, -0.2) is 9.37 Å². The van der Waals surface area contributed by atoms with E-state index in [-0.39, 0.29) is 16.7 Å². The van der Waals surface area contributed by atoms with Gasteiger partial charge in [-0.1, -0.05) is 23.2 Å². The number of carbonyl (C=O) groups excluding carboxylic acids is 3. The van der Waals surface area contributed by atoms with Crippen molar-refractivity contribution >= 4 is 46.8 Å². The van der Waals surface area contributed by atoms with Crippen molar-refractivity contribution in [1.29, 1.82) is 0 Å². The van der Waals surface area contributed by atoms with Gasteiger partial charge in [-0.05, 0) is 50.1 Å². The molecule has 2 amide bonds. The Bertz CT molecular complexity index is 979. The van der Waals surface area contributed by atoms with Gasteiger partial charge in [0.2, 0.25) is 0 Å². The van der Waals surface area contributed by atoms with E-state index >= 15 is 0 Å². The molecule has 2 aromatic rings. The molecule has 1 aliphatic rings. The first-order valence-corrected chi connectivity index (χ1v) is 10.4. The molecule has 164 valence electrons. The van der Waals surface area contributed by atoms with Gasteiger partial charge in [0.15, 0.2) is 11.9 Å². The van der Waals surface area contributed by atoms with Crippen LogP contribution in [0.3, 0.4) is 0 Å². The lowest BCUT2D eigenvalue weighted by atomic mass is 9.96. The van der Waals surface area contributed by atoms with Gasteiger partial charge >= 0.3 is 5.97 Å². The Morgan fingerprint density at radius 3 is 2.45 bits per heavy atom. The van der Waals surface area contributed by atoms with Crippen molar-refractivity contribution in [3.05, 3.63) is 58.0 Å². The van der Waals surface area contributed by atoms with Gasteiger partial charge in [0.1, 0.15) is 5.82 Å². The normalized spacial score (nSPS) is 15.3. The number of hydrogen-bond acceptors (Lipinski definition) is 5. The Hall–Kier alpha value is -2.71. The van der Waals surface area contributed by atoms with Crippen molar-refractivity contribution in [3.63, 3.8) is 0 Å². The summed E-state index contributed by atoms with van der Waals surface area (Å²) in [5.41, 5.74) is 0.391. The number of nitrogens with one attached hydrogen (secondary N) is 1. The molecule has 0 unspecified atom stereocenters. The fourth-order valence-corrected chi connectivity index (χ4v) is 3.57. The molecule has 0 radical (unpaired) electrons. The number of halogens is 3. The standard InChI is InChI=1S/C21H20Cl2FN3O4/c1-12(19(28)26-18-17(23)10-15(22)11-25-18)31-21(30)14-6-8-27(9-7-14)20(29)13-2-4-16(24)5-3-13/h2-5,10-12,14H,6-9H2,1H3,(H,25,26,28)/t12-/m0/s1. The van der Waals surface area contributed by atoms with Crippen molar-refractivity contribution < 1.29 is 23.5 Å². The van der Waals surface area contributed by atoms with Crippen molar-refractivity contribution in [2.24, 2.45) is 5.92 Å². The molecule has 0 saturated carbocycles. The predicted molar refractivity (Wildman–Crippen MR) is 113 cm³/mol. The maximum absolute atomic E-state index is 13.0. The van der Waals surface area contributed by atoms with Gasteiger partial charge in [-0.2, -0.15) is 0 Å². The highest BCUT2D eigenvalue weighted by molar-refractivity contribution is 6.36. The minimum Gasteiger partial charge on any atom is -0.452 e. The van der Waals surface area contributed by atoms with Crippen LogP contribution in [-0.2, 0) is 14.3 Å². The summed E-state index contributed by atoms with van der Waals surface area (Å²) in [5, 5.41) is 2.98. The number of rotatable bonds is 5. The van der Waals surface area contributed by atoms with Crippen LogP contribution in [0, 0.1) is 11.7 Å². The van der Waals surface area contributed by atoms with Crippen LogP contribution in [0.15, 0.2) is 36.5 Å². The summed E-state index contributed by atoms with van der Waals surface area (Å²) in [6, 6.07) is 6.76. The second kappa shape index (κ2) is 10.1. The summed E-state index contributed by atoms with van der Waals surface area (Å²) in [7, 11) is 0. The number of hydrogen-bond donors (Lipinski definition) is 1. The van der Waals surface area contributed by atoms with E-state index in [0.29, 0.717) is 36.5 Å². The third-order valence-electron chi connectivity index (χ3n) is 4.92. The summed E-state index contributed by atoms with van der Waals surface area (Å²) in [6.07, 6.45) is 1.09. The fraction of sp³-hybridized carbons (Fsp3) is 0.333. The number of aromatic nitrogens is 1. The van der Waals surface area contributed by atoms with Gasteiger partial charge in [-0.15, -0.1) is 0 Å². The Kier molecular flexibility index (Phi) is 7.46. The van der Waals surface area contributed by atoms with Gasteiger partial charge in [-0.3, -0.25) is 14.4 Å². The average molecular weight is 468 g/mol. The zero-order valence-corrected chi connectivity index (χ0v) is 18.1. The van der Waals surface area contributed by atoms with Crippen molar-refractivity contribution in [2.75, 3.05) is 18.4 Å². The Labute approximate surface area is 188 Å². The highest BCUT2D eigenvalue weighted by Gasteiger charge is 2.31. The molecule has 0 spiro atoms. The largest absolute Gasteiger partial charge is 0.452 e. The van der Waals surface area contributed by atoms with E-state index in [9.17, 15) is 18.8 Å². The van der Waals surface area contributed by atoms with E-state index in [1.165, 1.54) is 43.5 Å². The number of esters is 1. The number of carbonyl (C=O) groups is 3. The Morgan fingerprint density at radius 1 is 1.19 bits per heavy atom. The van der Waals surface area contributed by atoms with E-state index in [1.54, 1.807) is 4.90 Å². The van der Waals surface area contributed by atoms with Crippen molar-refractivity contribution in [2.45, 2.75) is 25.9 Å². The molecular weight excluding hydrogens is 448 g/mol. The summed E-state index contributed by atoms with van der Waals surface area (Å²) in [4.78, 5) is 42.8. The lowest BCUT2D eigenvalue weighted by Gasteiger charge is -2.31. The van der Waals surface area contributed by atoms with E-state index in [4.69, 9.17) is 27.9 Å². The Morgan fingerprint density at radius 2 is 1.84 bits per heavy atom. The molecule has 1 saturated heterocycles. The van der Waals surface area contributed by atoms with Crippen molar-refractivity contribution in [3.8, 4) is 0 Å². The molecule has 1 atom stereocenters. The zero-order valence-electron chi connectivity index (χ0n) is 16.6. The third-order valence-corrected chi connectivity index (χ3v) is 5.41. The van der Waals surface area contributed by atoms with Crippen LogP contribution in [0.5, 0.6) is 0 Å². The molecular formula is C21H20Cl2FN3O4. The number of amides is 2. The summed E-state index contributed by atoms with van der Waals surface area (Å²) >= 11 is 11.7. The van der Waals surface area contributed by atoms with Crippen LogP contribution >= 0.6 is 23.2 Å². The highest BCUT2D eigenvalue weighted by atomic mass is 35.5. The number of pyridine rings is 1. The van der Waals surface area contributed by atoms with E-state index in [0.717, 1.165) is 0 Å². The summed E-state index contributed by atoms with van der Waals surface area (Å²) in [6.45, 7) is 2.17. The van der Waals surface area contributed by atoms with Crippen LogP contribution in [0.25, 0.3) is 0 Å². The smallest absolute Gasteiger partial charge is 0.309 e. The van der Waals surface area contributed by atoms with Gasteiger partial charge in [0, 0.05) is 24.8 Å². The lowest BCUT2D eigenvalue weighted by Crippen LogP contribution is -2.41. The molecule has 1 aliphatic heterocycles. The summed E-state index contributed by atoms with van der Waals surface area (Å²) in [5.74, 6) is -2.02. The molecule has 1 aromatic carbocycles. The second-order valence-electron chi connectivity index (χ2n) is 7.13. The fourth-order valence-electron chi connectivity index (χ4n) is 3.14. The van der Waals surface area contributed by atoms with Crippen LogP contribution in [0.2, 0.25) is 10.0 Å². The van der Waals surface area contributed by atoms with Gasteiger partial charge in [0.05, 0.1) is 16.0 Å². The number of nitrogens with zero attached hydrogens (tertiary/aromatic N) is 2. The van der Waals surface area contributed by atoms with E-state index in [1.807, 2.05) is 0 Å². The molecule has 1 aromatic heterocycles. The maximum atomic E-state index is 13.0. The first-order chi connectivity index (χ1) is 14.7. The Balaban J connectivity index is 1.49. The first kappa shape index (κ1) is 23.0. The average Bonchev–Trinajstić information content (AvgIpc) is 2.75. The maximum Gasteiger partial charge on any atom is 0.309 e. The SMILES string of the molecule is C[C@H](OC(=O)C1CCN(C(=O)c2ccc(F)cc2)CC1)C(=O)Nc1ncc(Cl)cc1Cl. The second-order valence-corrected chi connectivity index (χ2v) is 7.97. The molecule has 31 heavy (non-hydrogen) atoms. The minimum atomic E-state index is -1.06. The monoisotopic (exact) mass is 467 g/mol. The number of likely N-dealkylation sites (tertiary alicyclic amines) is 1. The number of ether oxygens (including phenoxy) is 1. The zero-order chi connectivity index (χ0) is 22.5. The lowest BCUT2D eigenvalue weighted by molar-refractivity contribution is -0.158. The van der Waals surface area contributed by atoms with E-state index in [2.05, 4.69) is 10.3 Å². The molecule has 3 rings (SSSR count). The van der Waals surface area contributed by atoms with Crippen LogP contribution in [0.4, 0.5) is 10.2 Å². The summed E-state index contributed by atoms with van der Waals surface area (Å²) < 4.78 is 18.3. The molecule has 0 bridgehead atoms. The quantitative estimate of drug-likeness (QED) is 0.672. The molecule has 1 fully saturated rings. The van der Waals surface area contributed by atoms with Crippen molar-refractivity contribution in [1.82, 2.24) is 9.88 Å². The molecule has 2 heterocycles. The molecule has 7 nitrogen and oxygen atoms in total. The van der Waals surface area contributed by atoms with Crippen LogP contribution in [0.1, 0.15) is 30.1 Å². The minimum absolute atomic E-state index is 0.117. The number of piperidine rings is 1. The van der Waals surface area contributed by atoms with Gasteiger partial charge < -0.3 is 15.0 Å². The molecule has 1 N–H and O–H groups in total. The van der Waals surface area contributed by atoms with Gasteiger partial charge in [0.25, 0.3) is 11.8 Å².